The molecule has 0 aliphatic rings. The molecule has 0 N–H and O–H groups in total. The van der Waals surface area contributed by atoms with E-state index >= 15 is 0 Å². The van der Waals surface area contributed by atoms with Crippen LogP contribution in [-0.4, -0.2) is 30.1 Å². The van der Waals surface area contributed by atoms with Crippen LogP contribution in [0.25, 0.3) is 17.2 Å². The molecule has 0 saturated heterocycles. The van der Waals surface area contributed by atoms with Crippen molar-refractivity contribution in [1.82, 2.24) is 0 Å². The summed E-state index contributed by atoms with van der Waals surface area (Å²) in [4.78, 5) is 2.31. The lowest BCUT2D eigenvalue weighted by Gasteiger charge is -2.26. The standard InChI is InChI=1S/C33H37NO3Si/c1-26-14-19-33(25-27(26)2)34(32-22-17-30(18-23-32)29-12-7-6-8-13-29)31-20-15-28(16-21-31)11-9-10-24-38(35-3,36-4)37-5/h6-9,11-23,25H,10,24H2,1-5H3/b11-9+. The molecule has 38 heavy (non-hydrogen) atoms. The maximum absolute atomic E-state index is 5.52. The van der Waals surface area contributed by atoms with E-state index in [0.717, 1.165) is 35.1 Å². The van der Waals surface area contributed by atoms with Crippen LogP contribution >= 0.6 is 0 Å². The van der Waals surface area contributed by atoms with E-state index in [1.54, 1.807) is 21.3 Å². The Labute approximate surface area is 228 Å². The lowest BCUT2D eigenvalue weighted by molar-refractivity contribution is 0.124. The maximum atomic E-state index is 5.52. The Morgan fingerprint density at radius 2 is 1.18 bits per heavy atom. The van der Waals surface area contributed by atoms with Crippen LogP contribution in [0.3, 0.4) is 0 Å². The van der Waals surface area contributed by atoms with Crippen LogP contribution in [0, 0.1) is 13.8 Å². The van der Waals surface area contributed by atoms with Crippen molar-refractivity contribution in [3.05, 3.63) is 120 Å². The van der Waals surface area contributed by atoms with Crippen LogP contribution < -0.4 is 4.90 Å². The largest absolute Gasteiger partial charge is 0.500 e. The zero-order valence-corrected chi connectivity index (χ0v) is 24.0. The summed E-state index contributed by atoms with van der Waals surface area (Å²) in [7, 11) is 2.41. The van der Waals surface area contributed by atoms with Gasteiger partial charge in [0.15, 0.2) is 0 Å². The van der Waals surface area contributed by atoms with E-state index in [0.29, 0.717) is 0 Å². The van der Waals surface area contributed by atoms with E-state index in [1.807, 2.05) is 6.07 Å². The molecule has 0 saturated carbocycles. The van der Waals surface area contributed by atoms with Gasteiger partial charge in [-0.2, -0.15) is 0 Å². The highest BCUT2D eigenvalue weighted by Gasteiger charge is 2.36. The van der Waals surface area contributed by atoms with Gasteiger partial charge in [-0.15, -0.1) is 0 Å². The molecule has 4 aromatic rings. The molecule has 0 unspecified atom stereocenters. The number of allylic oxidation sites excluding steroid dienone is 1. The normalized spacial score (nSPS) is 11.7. The fourth-order valence-corrected chi connectivity index (χ4v) is 6.15. The van der Waals surface area contributed by atoms with E-state index in [-0.39, 0.29) is 0 Å². The summed E-state index contributed by atoms with van der Waals surface area (Å²) in [6, 6.07) is 35.3. The lowest BCUT2D eigenvalue weighted by atomic mass is 10.0. The summed E-state index contributed by atoms with van der Waals surface area (Å²) < 4.78 is 16.6. The van der Waals surface area contributed by atoms with E-state index in [4.69, 9.17) is 13.3 Å². The van der Waals surface area contributed by atoms with Crippen LogP contribution in [0.1, 0.15) is 23.1 Å². The smallest absolute Gasteiger partial charge is 0.377 e. The second kappa shape index (κ2) is 12.8. The first-order valence-electron chi connectivity index (χ1n) is 12.9. The van der Waals surface area contributed by atoms with Gasteiger partial charge in [0.25, 0.3) is 0 Å². The summed E-state index contributed by atoms with van der Waals surface area (Å²) in [5, 5.41) is 0. The van der Waals surface area contributed by atoms with Gasteiger partial charge < -0.3 is 18.2 Å². The molecule has 0 aromatic heterocycles. The minimum atomic E-state index is -2.55. The Morgan fingerprint density at radius 1 is 0.632 bits per heavy atom. The lowest BCUT2D eigenvalue weighted by Crippen LogP contribution is -2.42. The molecule has 0 heterocycles. The molecule has 4 rings (SSSR count). The van der Waals surface area contributed by atoms with Gasteiger partial charge in [-0.1, -0.05) is 72.8 Å². The van der Waals surface area contributed by atoms with Crippen molar-refractivity contribution in [2.45, 2.75) is 26.3 Å². The molecular formula is C33H37NO3Si. The zero-order chi connectivity index (χ0) is 27.0. The molecule has 0 aliphatic carbocycles. The van der Waals surface area contributed by atoms with Crippen LogP contribution in [0.5, 0.6) is 0 Å². The van der Waals surface area contributed by atoms with Crippen LogP contribution in [0.2, 0.25) is 6.04 Å². The number of aryl methyl sites for hydroxylation is 2. The van der Waals surface area contributed by atoms with Crippen LogP contribution in [-0.2, 0) is 13.3 Å². The van der Waals surface area contributed by atoms with Crippen LogP contribution in [0.15, 0.2) is 103 Å². The average molecular weight is 524 g/mol. The molecule has 4 nitrogen and oxygen atoms in total. The average Bonchev–Trinajstić information content (AvgIpc) is 2.97. The van der Waals surface area contributed by atoms with E-state index < -0.39 is 8.80 Å². The topological polar surface area (TPSA) is 30.9 Å². The second-order valence-electron chi connectivity index (χ2n) is 9.34. The van der Waals surface area contributed by atoms with Gasteiger partial charge >= 0.3 is 8.80 Å². The van der Waals surface area contributed by atoms with Crippen molar-refractivity contribution in [3.8, 4) is 11.1 Å². The highest BCUT2D eigenvalue weighted by atomic mass is 28.4. The summed E-state index contributed by atoms with van der Waals surface area (Å²) in [6.45, 7) is 4.31. The molecule has 4 aromatic carbocycles. The Bertz CT molecular complexity index is 1320. The minimum Gasteiger partial charge on any atom is -0.377 e. The molecular weight excluding hydrogens is 486 g/mol. The molecule has 0 amide bonds. The molecule has 0 aliphatic heterocycles. The monoisotopic (exact) mass is 523 g/mol. The number of anilines is 3. The predicted octanol–water partition coefficient (Wildman–Crippen LogP) is 8.72. The van der Waals surface area contributed by atoms with Crippen molar-refractivity contribution in [2.75, 3.05) is 26.2 Å². The molecule has 0 atom stereocenters. The number of hydrogen-bond donors (Lipinski definition) is 0. The van der Waals surface area contributed by atoms with E-state index in [9.17, 15) is 0 Å². The maximum Gasteiger partial charge on any atom is 0.500 e. The third-order valence-electron chi connectivity index (χ3n) is 6.99. The predicted molar refractivity (Wildman–Crippen MR) is 161 cm³/mol. The van der Waals surface area contributed by atoms with Crippen LogP contribution in [0.4, 0.5) is 17.1 Å². The molecule has 196 valence electrons. The fourth-order valence-electron chi connectivity index (χ4n) is 4.52. The first kappa shape index (κ1) is 27.5. The summed E-state index contributed by atoms with van der Waals surface area (Å²) in [5.41, 5.74) is 9.51. The van der Waals surface area contributed by atoms with Gasteiger partial charge in [0.05, 0.1) is 0 Å². The summed E-state index contributed by atoms with van der Waals surface area (Å²) in [5.74, 6) is 0. The first-order chi connectivity index (χ1) is 18.5. The van der Waals surface area contributed by atoms with E-state index in [1.165, 1.54) is 22.3 Å². The Balaban J connectivity index is 1.59. The number of hydrogen-bond acceptors (Lipinski definition) is 4. The Kier molecular flexibility index (Phi) is 9.32. The molecule has 0 radical (unpaired) electrons. The molecule has 0 bridgehead atoms. The van der Waals surface area contributed by atoms with Crippen molar-refractivity contribution in [3.63, 3.8) is 0 Å². The number of nitrogens with zero attached hydrogens (tertiary/aromatic N) is 1. The van der Waals surface area contributed by atoms with Gasteiger partial charge in [-0.25, -0.2) is 0 Å². The summed E-state index contributed by atoms with van der Waals surface area (Å²) >= 11 is 0. The third-order valence-corrected chi connectivity index (χ3v) is 9.76. The van der Waals surface area contributed by atoms with Gasteiger partial charge in [0.2, 0.25) is 0 Å². The Hall–Kier alpha value is -3.48. The fraction of sp³-hybridized carbons (Fsp3) is 0.212. The molecule has 0 fully saturated rings. The highest BCUT2D eigenvalue weighted by molar-refractivity contribution is 6.60. The van der Waals surface area contributed by atoms with Gasteiger partial charge in [0.1, 0.15) is 0 Å². The second-order valence-corrected chi connectivity index (χ2v) is 12.4. The van der Waals surface area contributed by atoms with Crippen molar-refractivity contribution in [1.29, 1.82) is 0 Å². The molecule has 5 heteroatoms. The SMILES string of the molecule is CO[Si](CC/C=C/c1ccc(N(c2ccc(-c3ccccc3)cc2)c2ccc(C)c(C)c2)cc1)(OC)OC. The Morgan fingerprint density at radius 3 is 1.76 bits per heavy atom. The van der Waals surface area contributed by atoms with Gasteiger partial charge in [-0.3, -0.25) is 0 Å². The van der Waals surface area contributed by atoms with Gasteiger partial charge in [-0.05, 0) is 84.5 Å². The molecule has 0 spiro atoms. The first-order valence-corrected chi connectivity index (χ1v) is 14.9. The van der Waals surface area contributed by atoms with Crippen molar-refractivity contribution >= 4 is 31.9 Å². The summed E-state index contributed by atoms with van der Waals surface area (Å²) in [6.07, 6.45) is 5.11. The third kappa shape index (κ3) is 6.50. The minimum absolute atomic E-state index is 0.741. The number of rotatable bonds is 11. The van der Waals surface area contributed by atoms with E-state index in [2.05, 4.69) is 122 Å². The van der Waals surface area contributed by atoms with Crippen molar-refractivity contribution in [2.24, 2.45) is 0 Å². The number of benzene rings is 4. The van der Waals surface area contributed by atoms with Crippen molar-refractivity contribution < 1.29 is 13.3 Å². The highest BCUT2D eigenvalue weighted by Crippen LogP contribution is 2.36. The quantitative estimate of drug-likeness (QED) is 0.184. The van der Waals surface area contributed by atoms with Gasteiger partial charge in [0, 0.05) is 44.4 Å². The zero-order valence-electron chi connectivity index (χ0n) is 23.0.